The van der Waals surface area contributed by atoms with Crippen LogP contribution in [0.3, 0.4) is 0 Å². The minimum absolute atomic E-state index is 0.323. The molecule has 2 atom stereocenters. The first-order valence-corrected chi connectivity index (χ1v) is 6.95. The molecule has 0 aliphatic heterocycles. The molecule has 0 amide bonds. The summed E-state index contributed by atoms with van der Waals surface area (Å²) in [5.41, 5.74) is 1.05. The van der Waals surface area contributed by atoms with Crippen LogP contribution in [0.25, 0.3) is 0 Å². The Labute approximate surface area is 109 Å². The third-order valence-corrected chi connectivity index (χ3v) is 3.48. The Morgan fingerprint density at radius 3 is 3.11 bits per heavy atom. The van der Waals surface area contributed by atoms with Crippen LogP contribution < -0.4 is 10.1 Å². The molecule has 0 spiro atoms. The highest BCUT2D eigenvalue weighted by Gasteiger charge is 2.21. The third kappa shape index (κ3) is 3.67. The van der Waals surface area contributed by atoms with Gasteiger partial charge in [0, 0.05) is 18.3 Å². The minimum Gasteiger partial charge on any atom is -0.474 e. The van der Waals surface area contributed by atoms with Crippen molar-refractivity contribution in [3.05, 3.63) is 18.1 Å². The van der Waals surface area contributed by atoms with Crippen LogP contribution in [0, 0.1) is 5.92 Å². The molecule has 0 saturated heterocycles. The van der Waals surface area contributed by atoms with Gasteiger partial charge in [-0.1, -0.05) is 20.3 Å². The summed E-state index contributed by atoms with van der Waals surface area (Å²) in [6.45, 7) is 6.10. The first kappa shape index (κ1) is 13.3. The Bertz CT molecular complexity index is 370. The maximum Gasteiger partial charge on any atom is 0.221 e. The molecule has 4 nitrogen and oxygen atoms in total. The zero-order chi connectivity index (χ0) is 12.8. The largest absolute Gasteiger partial charge is 0.474 e. The molecule has 1 saturated carbocycles. The fourth-order valence-corrected chi connectivity index (χ4v) is 2.48. The van der Waals surface area contributed by atoms with Crippen LogP contribution >= 0.6 is 0 Å². The lowest BCUT2D eigenvalue weighted by Gasteiger charge is -2.27. The van der Waals surface area contributed by atoms with E-state index in [1.54, 1.807) is 6.33 Å². The Morgan fingerprint density at radius 1 is 1.44 bits per heavy atom. The summed E-state index contributed by atoms with van der Waals surface area (Å²) in [5.74, 6) is 1.52. The van der Waals surface area contributed by atoms with Gasteiger partial charge < -0.3 is 10.1 Å². The van der Waals surface area contributed by atoms with Gasteiger partial charge in [0.1, 0.15) is 12.4 Å². The summed E-state index contributed by atoms with van der Waals surface area (Å²) < 4.78 is 6.06. The van der Waals surface area contributed by atoms with Crippen LogP contribution in [-0.2, 0) is 6.54 Å². The second-order valence-electron chi connectivity index (χ2n) is 5.15. The first-order chi connectivity index (χ1) is 8.79. The van der Waals surface area contributed by atoms with Crippen molar-refractivity contribution in [3.8, 4) is 5.88 Å². The number of ether oxygens (including phenoxy) is 1. The van der Waals surface area contributed by atoms with E-state index in [1.165, 1.54) is 12.8 Å². The molecule has 1 heterocycles. The predicted molar refractivity (Wildman–Crippen MR) is 71.5 cm³/mol. The molecule has 18 heavy (non-hydrogen) atoms. The fraction of sp³-hybridized carbons (Fsp3) is 0.714. The molecule has 100 valence electrons. The van der Waals surface area contributed by atoms with E-state index in [2.05, 4.69) is 29.1 Å². The van der Waals surface area contributed by atoms with Crippen molar-refractivity contribution in [2.45, 2.75) is 52.2 Å². The van der Waals surface area contributed by atoms with Crippen LogP contribution in [0.4, 0.5) is 0 Å². The zero-order valence-electron chi connectivity index (χ0n) is 11.4. The van der Waals surface area contributed by atoms with Crippen molar-refractivity contribution in [2.24, 2.45) is 5.92 Å². The van der Waals surface area contributed by atoms with E-state index in [9.17, 15) is 0 Å². The maximum absolute atomic E-state index is 6.06. The Kier molecular flexibility index (Phi) is 4.93. The third-order valence-electron chi connectivity index (χ3n) is 3.48. The SMILES string of the molecule is CCNCc1cncnc1OC1CCCC(C)C1. The lowest BCUT2D eigenvalue weighted by atomic mass is 9.89. The van der Waals surface area contributed by atoms with Gasteiger partial charge in [0.15, 0.2) is 0 Å². The Hall–Kier alpha value is -1.16. The van der Waals surface area contributed by atoms with Gasteiger partial charge in [-0.2, -0.15) is 0 Å². The van der Waals surface area contributed by atoms with Crippen LogP contribution in [0.2, 0.25) is 0 Å². The van der Waals surface area contributed by atoms with Crippen LogP contribution in [0.1, 0.15) is 45.1 Å². The first-order valence-electron chi connectivity index (χ1n) is 6.95. The van der Waals surface area contributed by atoms with E-state index < -0.39 is 0 Å². The topological polar surface area (TPSA) is 47.0 Å². The standard InChI is InChI=1S/C14H23N3O/c1-3-15-8-12-9-16-10-17-14(12)18-13-6-4-5-11(2)7-13/h9-11,13,15H,3-8H2,1-2H3. The van der Waals surface area contributed by atoms with Gasteiger partial charge in [-0.15, -0.1) is 0 Å². The Balaban J connectivity index is 1.99. The second kappa shape index (κ2) is 6.69. The highest BCUT2D eigenvalue weighted by atomic mass is 16.5. The van der Waals surface area contributed by atoms with E-state index >= 15 is 0 Å². The molecule has 0 aromatic carbocycles. The van der Waals surface area contributed by atoms with Gasteiger partial charge in [-0.05, 0) is 31.7 Å². The maximum atomic E-state index is 6.06. The number of hydrogen-bond acceptors (Lipinski definition) is 4. The fourth-order valence-electron chi connectivity index (χ4n) is 2.48. The summed E-state index contributed by atoms with van der Waals surface area (Å²) in [6.07, 6.45) is 8.62. The van der Waals surface area contributed by atoms with Gasteiger partial charge in [-0.3, -0.25) is 0 Å². The highest BCUT2D eigenvalue weighted by Crippen LogP contribution is 2.27. The lowest BCUT2D eigenvalue weighted by molar-refractivity contribution is 0.122. The number of nitrogens with zero attached hydrogens (tertiary/aromatic N) is 2. The van der Waals surface area contributed by atoms with E-state index in [4.69, 9.17) is 4.74 Å². The molecule has 1 N–H and O–H groups in total. The monoisotopic (exact) mass is 249 g/mol. The predicted octanol–water partition coefficient (Wildman–Crippen LogP) is 2.54. The van der Waals surface area contributed by atoms with Gasteiger partial charge in [0.05, 0.1) is 0 Å². The molecule has 1 fully saturated rings. The van der Waals surface area contributed by atoms with Gasteiger partial charge in [0.25, 0.3) is 0 Å². The number of aromatic nitrogens is 2. The van der Waals surface area contributed by atoms with Gasteiger partial charge in [-0.25, -0.2) is 9.97 Å². The van der Waals surface area contributed by atoms with Crippen LogP contribution in [0.5, 0.6) is 5.88 Å². The Morgan fingerprint density at radius 2 is 2.33 bits per heavy atom. The molecule has 1 aliphatic rings. The van der Waals surface area contributed by atoms with Crippen molar-refractivity contribution >= 4 is 0 Å². The van der Waals surface area contributed by atoms with E-state index in [0.29, 0.717) is 6.10 Å². The van der Waals surface area contributed by atoms with Crippen molar-refractivity contribution in [1.82, 2.24) is 15.3 Å². The molecule has 2 unspecified atom stereocenters. The molecule has 1 aromatic heterocycles. The second-order valence-corrected chi connectivity index (χ2v) is 5.15. The minimum atomic E-state index is 0.323. The van der Waals surface area contributed by atoms with Crippen LogP contribution in [-0.4, -0.2) is 22.6 Å². The zero-order valence-corrected chi connectivity index (χ0v) is 11.4. The number of nitrogens with one attached hydrogen (secondary N) is 1. The quantitative estimate of drug-likeness (QED) is 0.871. The summed E-state index contributed by atoms with van der Waals surface area (Å²) in [7, 11) is 0. The number of hydrogen-bond donors (Lipinski definition) is 1. The smallest absolute Gasteiger partial charge is 0.221 e. The number of rotatable bonds is 5. The molecule has 4 heteroatoms. The van der Waals surface area contributed by atoms with Crippen LogP contribution in [0.15, 0.2) is 12.5 Å². The average molecular weight is 249 g/mol. The molecule has 0 bridgehead atoms. The normalized spacial score (nSPS) is 23.9. The van der Waals surface area contributed by atoms with E-state index in [0.717, 1.165) is 43.3 Å². The summed E-state index contributed by atoms with van der Waals surface area (Å²) in [4.78, 5) is 8.35. The van der Waals surface area contributed by atoms with Crippen molar-refractivity contribution in [3.63, 3.8) is 0 Å². The highest BCUT2D eigenvalue weighted by molar-refractivity contribution is 5.22. The lowest BCUT2D eigenvalue weighted by Crippen LogP contribution is -2.25. The molecular formula is C14H23N3O. The summed E-state index contributed by atoms with van der Waals surface area (Å²) >= 11 is 0. The van der Waals surface area contributed by atoms with Crippen molar-refractivity contribution in [1.29, 1.82) is 0 Å². The summed E-state index contributed by atoms with van der Waals surface area (Å²) in [6, 6.07) is 0. The molecular weight excluding hydrogens is 226 g/mol. The average Bonchev–Trinajstić information content (AvgIpc) is 2.38. The molecule has 2 rings (SSSR count). The molecule has 0 radical (unpaired) electrons. The van der Waals surface area contributed by atoms with Gasteiger partial charge in [0.2, 0.25) is 5.88 Å². The molecule has 1 aliphatic carbocycles. The van der Waals surface area contributed by atoms with E-state index in [-0.39, 0.29) is 0 Å². The van der Waals surface area contributed by atoms with Crippen molar-refractivity contribution in [2.75, 3.05) is 6.54 Å². The summed E-state index contributed by atoms with van der Waals surface area (Å²) in [5, 5.41) is 3.29. The molecule has 1 aromatic rings. The van der Waals surface area contributed by atoms with Gasteiger partial charge >= 0.3 is 0 Å². The van der Waals surface area contributed by atoms with E-state index in [1.807, 2.05) is 6.20 Å². The van der Waals surface area contributed by atoms with Crippen molar-refractivity contribution < 1.29 is 4.74 Å².